The summed E-state index contributed by atoms with van der Waals surface area (Å²) in [4.78, 5) is 42.4. The van der Waals surface area contributed by atoms with Crippen LogP contribution in [0.15, 0.2) is 30.9 Å². The van der Waals surface area contributed by atoms with Gasteiger partial charge in [-0.25, -0.2) is 14.1 Å². The van der Waals surface area contributed by atoms with E-state index in [4.69, 9.17) is 4.74 Å². The van der Waals surface area contributed by atoms with E-state index in [1.54, 1.807) is 17.9 Å². The normalized spacial score (nSPS) is 19.2. The van der Waals surface area contributed by atoms with Crippen LogP contribution in [0.1, 0.15) is 43.3 Å². The van der Waals surface area contributed by atoms with E-state index in [1.807, 2.05) is 19.9 Å². The number of cyclic esters (lactones) is 1. The van der Waals surface area contributed by atoms with E-state index < -0.39 is 6.09 Å². The molecule has 2 aliphatic heterocycles. The molecule has 0 unspecified atom stereocenters. The molecular weight excluding hydrogens is 465 g/mol. The minimum atomic E-state index is -0.474. The summed E-state index contributed by atoms with van der Waals surface area (Å²) in [5.41, 5.74) is 1.34. The van der Waals surface area contributed by atoms with E-state index in [0.717, 1.165) is 5.56 Å². The van der Waals surface area contributed by atoms with Crippen LogP contribution in [0.25, 0.3) is 0 Å². The second-order valence-electron chi connectivity index (χ2n) is 9.04. The molecule has 0 radical (unpaired) electrons. The van der Waals surface area contributed by atoms with Crippen molar-refractivity contribution >= 4 is 23.9 Å². The van der Waals surface area contributed by atoms with E-state index >= 15 is 0 Å². The minimum absolute atomic E-state index is 0.0716. The fraction of sp³-hybridized carbons (Fsp3) is 0.480. The number of nitrogens with zero attached hydrogens (tertiary/aromatic N) is 6. The number of aromatic nitrogens is 3. The quantitative estimate of drug-likeness (QED) is 0.555. The molecule has 36 heavy (non-hydrogen) atoms. The lowest BCUT2D eigenvalue weighted by atomic mass is 10.0. The second-order valence-corrected chi connectivity index (χ2v) is 9.04. The summed E-state index contributed by atoms with van der Waals surface area (Å²) in [6.45, 7) is 12.5. The standard InChI is InChI=1S/C25H32FN7O3/c1-5-20-15-36-25(35)33(20)24-29-17(4)28-23(30-24)27-16(3)18-7-8-19(21(26)13-18)14-31-9-11-32(12-10-31)22(34)6-2/h6-8,13,16,20H,2,5,9-12,14-15H2,1,3-4H3,(H,27,28,29,30)/t16-,20-/m0/s1. The molecule has 2 aromatic rings. The third-order valence-corrected chi connectivity index (χ3v) is 6.56. The van der Waals surface area contributed by atoms with Gasteiger partial charge in [0.15, 0.2) is 0 Å². The number of nitrogens with one attached hydrogen (secondary N) is 1. The predicted octanol–water partition coefficient (Wildman–Crippen LogP) is 3.06. The largest absolute Gasteiger partial charge is 0.447 e. The molecule has 11 heteroatoms. The summed E-state index contributed by atoms with van der Waals surface area (Å²) in [7, 11) is 0. The second kappa shape index (κ2) is 11.0. The lowest BCUT2D eigenvalue weighted by molar-refractivity contribution is -0.127. The molecule has 2 fully saturated rings. The molecule has 1 aromatic carbocycles. The monoisotopic (exact) mass is 497 g/mol. The van der Waals surface area contributed by atoms with Crippen LogP contribution in [-0.2, 0) is 16.1 Å². The number of halogens is 1. The van der Waals surface area contributed by atoms with Gasteiger partial charge in [0.05, 0.1) is 12.1 Å². The summed E-state index contributed by atoms with van der Waals surface area (Å²) in [5.74, 6) is 0.640. The number of ether oxygens (including phenoxy) is 1. The first kappa shape index (κ1) is 25.5. The Morgan fingerprint density at radius 3 is 2.69 bits per heavy atom. The summed E-state index contributed by atoms with van der Waals surface area (Å²) < 4.78 is 20.1. The van der Waals surface area contributed by atoms with Crippen molar-refractivity contribution in [3.05, 3.63) is 53.6 Å². The van der Waals surface area contributed by atoms with Crippen molar-refractivity contribution in [2.45, 2.75) is 45.8 Å². The Labute approximate surface area is 210 Å². The highest BCUT2D eigenvalue weighted by Crippen LogP contribution is 2.25. The first-order chi connectivity index (χ1) is 17.3. The maximum absolute atomic E-state index is 15.0. The third kappa shape index (κ3) is 5.62. The fourth-order valence-corrected chi connectivity index (χ4v) is 4.38. The predicted molar refractivity (Wildman–Crippen MR) is 133 cm³/mol. The van der Waals surface area contributed by atoms with Crippen LogP contribution in [0, 0.1) is 12.7 Å². The van der Waals surface area contributed by atoms with Crippen LogP contribution in [0.3, 0.4) is 0 Å². The summed E-state index contributed by atoms with van der Waals surface area (Å²) in [5, 5.41) is 3.20. The van der Waals surface area contributed by atoms with Crippen LogP contribution in [0.4, 0.5) is 21.1 Å². The fourth-order valence-electron chi connectivity index (χ4n) is 4.38. The Bertz CT molecular complexity index is 1140. The van der Waals surface area contributed by atoms with E-state index in [1.165, 1.54) is 17.0 Å². The number of hydrogen-bond acceptors (Lipinski definition) is 8. The van der Waals surface area contributed by atoms with Crippen molar-refractivity contribution < 1.29 is 18.7 Å². The van der Waals surface area contributed by atoms with Crippen molar-refractivity contribution in [2.75, 3.05) is 43.0 Å². The maximum Gasteiger partial charge on any atom is 0.417 e. The van der Waals surface area contributed by atoms with E-state index in [-0.39, 0.29) is 29.8 Å². The van der Waals surface area contributed by atoms with Gasteiger partial charge in [0.25, 0.3) is 0 Å². The van der Waals surface area contributed by atoms with Crippen molar-refractivity contribution in [2.24, 2.45) is 0 Å². The zero-order valence-corrected chi connectivity index (χ0v) is 20.9. The number of carbonyl (C=O) groups excluding carboxylic acids is 2. The van der Waals surface area contributed by atoms with E-state index in [2.05, 4.69) is 31.7 Å². The van der Waals surface area contributed by atoms with Crippen LogP contribution in [-0.4, -0.2) is 75.6 Å². The lowest BCUT2D eigenvalue weighted by Crippen LogP contribution is -2.47. The molecule has 0 bridgehead atoms. The highest BCUT2D eigenvalue weighted by molar-refractivity contribution is 5.88. The van der Waals surface area contributed by atoms with E-state index in [9.17, 15) is 14.0 Å². The average molecular weight is 498 g/mol. The molecule has 10 nitrogen and oxygen atoms in total. The lowest BCUT2D eigenvalue weighted by Gasteiger charge is -2.34. The number of benzene rings is 1. The number of aryl methyl sites for hydroxylation is 1. The molecule has 192 valence electrons. The third-order valence-electron chi connectivity index (χ3n) is 6.56. The first-order valence-electron chi connectivity index (χ1n) is 12.2. The SMILES string of the molecule is C=CC(=O)N1CCN(Cc2ccc([C@H](C)Nc3nc(C)nc(N4C(=O)OC[C@@H]4CC)n3)cc2F)CC1. The van der Waals surface area contributed by atoms with Gasteiger partial charge in [-0.1, -0.05) is 25.6 Å². The molecule has 4 rings (SSSR count). The molecule has 0 saturated carbocycles. The van der Waals surface area contributed by atoms with Gasteiger partial charge < -0.3 is 15.0 Å². The highest BCUT2D eigenvalue weighted by atomic mass is 19.1. The van der Waals surface area contributed by atoms with Crippen LogP contribution < -0.4 is 10.2 Å². The number of amides is 2. The minimum Gasteiger partial charge on any atom is -0.447 e. The molecule has 0 spiro atoms. The number of carbonyl (C=O) groups is 2. The van der Waals surface area contributed by atoms with Gasteiger partial charge in [-0.3, -0.25) is 9.69 Å². The van der Waals surface area contributed by atoms with Gasteiger partial charge in [0.1, 0.15) is 18.2 Å². The average Bonchev–Trinajstić information content (AvgIpc) is 3.25. The summed E-state index contributed by atoms with van der Waals surface area (Å²) in [6, 6.07) is 4.78. The molecule has 2 saturated heterocycles. The topological polar surface area (TPSA) is 104 Å². The van der Waals surface area contributed by atoms with Crippen LogP contribution in [0.2, 0.25) is 0 Å². The Morgan fingerprint density at radius 2 is 2.03 bits per heavy atom. The molecule has 0 aliphatic carbocycles. The van der Waals surface area contributed by atoms with Crippen molar-refractivity contribution in [1.29, 1.82) is 0 Å². The van der Waals surface area contributed by atoms with Gasteiger partial charge in [0, 0.05) is 38.3 Å². The molecule has 2 aliphatic rings. The molecular formula is C25H32FN7O3. The number of hydrogen-bond donors (Lipinski definition) is 1. The number of anilines is 2. The van der Waals surface area contributed by atoms with Gasteiger partial charge in [-0.05, 0) is 38.0 Å². The Hall–Kier alpha value is -3.60. The Balaban J connectivity index is 1.41. The zero-order chi connectivity index (χ0) is 25.8. The summed E-state index contributed by atoms with van der Waals surface area (Å²) in [6.07, 6.45) is 1.56. The zero-order valence-electron chi connectivity index (χ0n) is 20.9. The molecule has 2 atom stereocenters. The Kier molecular flexibility index (Phi) is 7.78. The smallest absolute Gasteiger partial charge is 0.417 e. The van der Waals surface area contributed by atoms with Gasteiger partial charge >= 0.3 is 6.09 Å². The van der Waals surface area contributed by atoms with Crippen LogP contribution >= 0.6 is 0 Å². The molecule has 1 aromatic heterocycles. The molecule has 1 N–H and O–H groups in total. The highest BCUT2D eigenvalue weighted by Gasteiger charge is 2.35. The van der Waals surface area contributed by atoms with Crippen molar-refractivity contribution in [3.63, 3.8) is 0 Å². The molecule has 3 heterocycles. The maximum atomic E-state index is 15.0. The molecule has 2 amide bonds. The number of rotatable bonds is 8. The van der Waals surface area contributed by atoms with Gasteiger partial charge in [-0.15, -0.1) is 0 Å². The van der Waals surface area contributed by atoms with Gasteiger partial charge in [0.2, 0.25) is 17.8 Å². The number of piperazine rings is 1. The first-order valence-corrected chi connectivity index (χ1v) is 12.2. The van der Waals surface area contributed by atoms with Crippen molar-refractivity contribution in [1.82, 2.24) is 24.8 Å². The van der Waals surface area contributed by atoms with E-state index in [0.29, 0.717) is 63.1 Å². The Morgan fingerprint density at radius 1 is 1.28 bits per heavy atom. The summed E-state index contributed by atoms with van der Waals surface area (Å²) >= 11 is 0. The van der Waals surface area contributed by atoms with Crippen molar-refractivity contribution in [3.8, 4) is 0 Å². The van der Waals surface area contributed by atoms with Crippen LogP contribution in [0.5, 0.6) is 0 Å². The van der Waals surface area contributed by atoms with Gasteiger partial charge in [-0.2, -0.15) is 15.0 Å².